The second-order valence-corrected chi connectivity index (χ2v) is 4.98. The van der Waals surface area contributed by atoms with Gasteiger partial charge in [-0.2, -0.15) is 0 Å². The fourth-order valence-corrected chi connectivity index (χ4v) is 1.93. The molecule has 21 heavy (non-hydrogen) atoms. The first-order chi connectivity index (χ1) is 9.95. The van der Waals surface area contributed by atoms with Crippen LogP contribution >= 0.6 is 0 Å². The van der Waals surface area contributed by atoms with Gasteiger partial charge in [0.25, 0.3) is 0 Å². The van der Waals surface area contributed by atoms with Gasteiger partial charge in [0.2, 0.25) is 5.91 Å². The van der Waals surface area contributed by atoms with E-state index in [0.29, 0.717) is 5.69 Å². The minimum atomic E-state index is -0.496. The lowest BCUT2D eigenvalue weighted by molar-refractivity contribution is -0.114. The van der Waals surface area contributed by atoms with Crippen LogP contribution in [-0.4, -0.2) is 19.5 Å². The lowest BCUT2D eigenvalue weighted by Crippen LogP contribution is -2.30. The molecule has 2 aromatic carbocycles. The molecule has 5 heteroatoms. The Labute approximate surface area is 123 Å². The zero-order chi connectivity index (χ0) is 15.4. The van der Waals surface area contributed by atoms with Crippen molar-refractivity contribution < 1.29 is 9.18 Å². The number of carbonyl (C=O) groups excluding carboxylic acids is 1. The zero-order valence-corrected chi connectivity index (χ0v) is 12.1. The third kappa shape index (κ3) is 3.95. The largest absolute Gasteiger partial charge is 0.396 e. The lowest BCUT2D eigenvalue weighted by Gasteiger charge is -2.19. The van der Waals surface area contributed by atoms with E-state index in [9.17, 15) is 9.18 Å². The highest BCUT2D eigenvalue weighted by Crippen LogP contribution is 2.17. The first-order valence-electron chi connectivity index (χ1n) is 6.58. The maximum Gasteiger partial charge on any atom is 0.243 e. The molecule has 0 aromatic heterocycles. The molecule has 0 aliphatic carbocycles. The Morgan fingerprint density at radius 2 is 1.90 bits per heavy atom. The van der Waals surface area contributed by atoms with Gasteiger partial charge in [-0.25, -0.2) is 4.39 Å². The number of hydrogen-bond acceptors (Lipinski definition) is 3. The third-order valence-electron chi connectivity index (χ3n) is 3.14. The highest BCUT2D eigenvalue weighted by molar-refractivity contribution is 5.94. The molecule has 0 fully saturated rings. The van der Waals surface area contributed by atoms with Gasteiger partial charge in [-0.05, 0) is 37.3 Å². The topological polar surface area (TPSA) is 58.4 Å². The Balaban J connectivity index is 1.97. The SMILES string of the molecule is Cc1ccc(N(C)CC(=O)Nc2ccc(F)c(N)c2)cc1. The molecule has 110 valence electrons. The van der Waals surface area contributed by atoms with E-state index in [0.717, 1.165) is 5.69 Å². The Morgan fingerprint density at radius 1 is 1.24 bits per heavy atom. The van der Waals surface area contributed by atoms with Crippen LogP contribution in [0.4, 0.5) is 21.5 Å². The van der Waals surface area contributed by atoms with Gasteiger partial charge in [0.15, 0.2) is 0 Å². The number of carbonyl (C=O) groups is 1. The predicted octanol–water partition coefficient (Wildman–Crippen LogP) is 2.79. The molecule has 0 aliphatic heterocycles. The monoisotopic (exact) mass is 287 g/mol. The fraction of sp³-hybridized carbons (Fsp3) is 0.188. The molecule has 0 spiro atoms. The van der Waals surface area contributed by atoms with Crippen molar-refractivity contribution in [1.82, 2.24) is 0 Å². The predicted molar refractivity (Wildman–Crippen MR) is 83.9 cm³/mol. The van der Waals surface area contributed by atoms with E-state index in [2.05, 4.69) is 5.32 Å². The van der Waals surface area contributed by atoms with Gasteiger partial charge in [0, 0.05) is 18.4 Å². The van der Waals surface area contributed by atoms with Gasteiger partial charge in [-0.15, -0.1) is 0 Å². The van der Waals surface area contributed by atoms with Crippen LogP contribution in [0.2, 0.25) is 0 Å². The van der Waals surface area contributed by atoms with Crippen molar-refractivity contribution in [3.8, 4) is 0 Å². The van der Waals surface area contributed by atoms with Gasteiger partial charge < -0.3 is 16.0 Å². The van der Waals surface area contributed by atoms with Crippen LogP contribution < -0.4 is 16.0 Å². The quantitative estimate of drug-likeness (QED) is 0.850. The number of rotatable bonds is 4. The molecule has 0 heterocycles. The molecule has 0 radical (unpaired) electrons. The van der Waals surface area contributed by atoms with Crippen molar-refractivity contribution in [3.05, 3.63) is 53.8 Å². The summed E-state index contributed by atoms with van der Waals surface area (Å²) in [5.74, 6) is -0.686. The van der Waals surface area contributed by atoms with E-state index < -0.39 is 5.82 Å². The van der Waals surface area contributed by atoms with E-state index in [1.54, 1.807) is 0 Å². The Morgan fingerprint density at radius 3 is 2.52 bits per heavy atom. The molecule has 0 atom stereocenters. The molecule has 2 aromatic rings. The van der Waals surface area contributed by atoms with Crippen molar-refractivity contribution in [2.75, 3.05) is 29.5 Å². The summed E-state index contributed by atoms with van der Waals surface area (Å²) < 4.78 is 13.1. The molecular weight excluding hydrogens is 269 g/mol. The van der Waals surface area contributed by atoms with Crippen molar-refractivity contribution in [1.29, 1.82) is 0 Å². The molecule has 1 amide bonds. The standard InChI is InChI=1S/C16H18FN3O/c1-11-3-6-13(7-4-11)20(2)10-16(21)19-12-5-8-14(17)15(18)9-12/h3-9H,10,18H2,1-2H3,(H,19,21). The molecule has 2 rings (SSSR count). The number of benzene rings is 2. The average Bonchev–Trinajstić information content (AvgIpc) is 2.43. The van der Waals surface area contributed by atoms with E-state index in [1.165, 1.54) is 23.8 Å². The number of anilines is 3. The minimum Gasteiger partial charge on any atom is -0.396 e. The van der Waals surface area contributed by atoms with Crippen molar-refractivity contribution in [3.63, 3.8) is 0 Å². The van der Waals surface area contributed by atoms with E-state index in [-0.39, 0.29) is 18.1 Å². The number of nitrogens with one attached hydrogen (secondary N) is 1. The third-order valence-corrected chi connectivity index (χ3v) is 3.14. The Hall–Kier alpha value is -2.56. The first kappa shape index (κ1) is 14.8. The maximum absolute atomic E-state index is 13.1. The highest BCUT2D eigenvalue weighted by atomic mass is 19.1. The van der Waals surface area contributed by atoms with Gasteiger partial charge >= 0.3 is 0 Å². The lowest BCUT2D eigenvalue weighted by atomic mass is 10.2. The molecule has 0 saturated heterocycles. The fourth-order valence-electron chi connectivity index (χ4n) is 1.93. The van der Waals surface area contributed by atoms with Crippen LogP contribution in [0.15, 0.2) is 42.5 Å². The number of nitrogen functional groups attached to an aromatic ring is 1. The van der Waals surface area contributed by atoms with Crippen LogP contribution in [0, 0.1) is 12.7 Å². The maximum atomic E-state index is 13.1. The molecule has 3 N–H and O–H groups in total. The average molecular weight is 287 g/mol. The normalized spacial score (nSPS) is 10.2. The first-order valence-corrected chi connectivity index (χ1v) is 6.58. The van der Waals surface area contributed by atoms with E-state index >= 15 is 0 Å². The summed E-state index contributed by atoms with van der Waals surface area (Å²) in [6.07, 6.45) is 0. The smallest absolute Gasteiger partial charge is 0.243 e. The Kier molecular flexibility index (Phi) is 4.42. The highest BCUT2D eigenvalue weighted by Gasteiger charge is 2.08. The number of nitrogens with zero attached hydrogens (tertiary/aromatic N) is 1. The number of likely N-dealkylation sites (N-methyl/N-ethyl adjacent to an activating group) is 1. The van der Waals surface area contributed by atoms with E-state index in [1.807, 2.05) is 43.1 Å². The zero-order valence-electron chi connectivity index (χ0n) is 12.1. The van der Waals surface area contributed by atoms with Gasteiger partial charge in [0.05, 0.1) is 12.2 Å². The minimum absolute atomic E-state index is 0.0136. The number of aryl methyl sites for hydroxylation is 1. The summed E-state index contributed by atoms with van der Waals surface area (Å²) in [5, 5.41) is 2.69. The Bertz CT molecular complexity index is 640. The van der Waals surface area contributed by atoms with Gasteiger partial charge in [-0.3, -0.25) is 4.79 Å². The number of hydrogen-bond donors (Lipinski definition) is 2. The second kappa shape index (κ2) is 6.26. The molecule has 0 aliphatic rings. The molecule has 4 nitrogen and oxygen atoms in total. The van der Waals surface area contributed by atoms with Crippen LogP contribution in [0.25, 0.3) is 0 Å². The van der Waals surface area contributed by atoms with Crippen LogP contribution in [0.5, 0.6) is 0 Å². The number of nitrogens with two attached hydrogens (primary N) is 1. The summed E-state index contributed by atoms with van der Waals surface area (Å²) in [7, 11) is 1.84. The molecule has 0 bridgehead atoms. The van der Waals surface area contributed by atoms with Crippen LogP contribution in [0.1, 0.15) is 5.56 Å². The summed E-state index contributed by atoms with van der Waals surface area (Å²) in [4.78, 5) is 13.8. The van der Waals surface area contributed by atoms with E-state index in [4.69, 9.17) is 5.73 Å². The molecular formula is C16H18FN3O. The molecule has 0 unspecified atom stereocenters. The summed E-state index contributed by atoms with van der Waals surface area (Å²) in [6, 6.07) is 12.0. The van der Waals surface area contributed by atoms with Gasteiger partial charge in [-0.1, -0.05) is 17.7 Å². The number of amides is 1. The van der Waals surface area contributed by atoms with Gasteiger partial charge in [0.1, 0.15) is 5.82 Å². The number of halogens is 1. The van der Waals surface area contributed by atoms with Crippen molar-refractivity contribution in [2.24, 2.45) is 0 Å². The van der Waals surface area contributed by atoms with Crippen LogP contribution in [-0.2, 0) is 4.79 Å². The summed E-state index contributed by atoms with van der Waals surface area (Å²) in [5.41, 5.74) is 8.08. The van der Waals surface area contributed by atoms with Crippen molar-refractivity contribution >= 4 is 23.0 Å². The second-order valence-electron chi connectivity index (χ2n) is 4.98. The van der Waals surface area contributed by atoms with Crippen LogP contribution in [0.3, 0.4) is 0 Å². The molecule has 0 saturated carbocycles. The summed E-state index contributed by atoms with van der Waals surface area (Å²) in [6.45, 7) is 2.20. The summed E-state index contributed by atoms with van der Waals surface area (Å²) >= 11 is 0. The van der Waals surface area contributed by atoms with Crippen molar-refractivity contribution in [2.45, 2.75) is 6.92 Å².